The molecular weight excluding hydrogens is 374 g/mol. The van der Waals surface area contributed by atoms with Crippen molar-refractivity contribution in [1.82, 2.24) is 4.57 Å². The molecule has 142 valence electrons. The number of nitrogens with zero attached hydrogens (tertiary/aromatic N) is 3. The fourth-order valence-electron chi connectivity index (χ4n) is 3.56. The molecule has 1 aliphatic rings. The number of rotatable bonds is 2. The third-order valence-electron chi connectivity index (χ3n) is 4.85. The van der Waals surface area contributed by atoms with Crippen molar-refractivity contribution in [2.75, 3.05) is 4.90 Å². The van der Waals surface area contributed by atoms with E-state index in [-0.39, 0.29) is 30.6 Å². The molecule has 2 aromatic carbocycles. The monoisotopic (exact) mass is 393 g/mol. The van der Waals surface area contributed by atoms with Crippen molar-refractivity contribution in [3.63, 3.8) is 0 Å². The minimum Gasteiger partial charge on any atom is -0.319 e. The molecule has 0 aliphatic carbocycles. The minimum absolute atomic E-state index is 0.211. The summed E-state index contributed by atoms with van der Waals surface area (Å²) < 4.78 is 3.02. The van der Waals surface area contributed by atoms with Gasteiger partial charge in [0.25, 0.3) is 5.91 Å². The first kappa shape index (κ1) is 18.3. The van der Waals surface area contributed by atoms with Gasteiger partial charge in [-0.15, -0.1) is 0 Å². The average molecular weight is 393 g/mol. The van der Waals surface area contributed by atoms with Crippen molar-refractivity contribution in [1.29, 1.82) is 0 Å². The van der Waals surface area contributed by atoms with Crippen molar-refractivity contribution >= 4 is 45.0 Å². The maximum absolute atomic E-state index is 12.6. The Labute approximate surface area is 165 Å². The molecule has 6 nitrogen and oxygen atoms in total. The molecule has 0 atom stereocenters. The number of aromatic nitrogens is 1. The molecule has 0 radical (unpaired) electrons. The maximum Gasteiger partial charge on any atom is 0.279 e. The van der Waals surface area contributed by atoms with Crippen molar-refractivity contribution in [2.45, 2.75) is 26.7 Å². The van der Waals surface area contributed by atoms with Crippen LogP contribution in [0.3, 0.4) is 0 Å². The van der Waals surface area contributed by atoms with Gasteiger partial charge >= 0.3 is 0 Å². The van der Waals surface area contributed by atoms with E-state index in [4.69, 9.17) is 0 Å². The Morgan fingerprint density at radius 2 is 1.68 bits per heavy atom. The van der Waals surface area contributed by atoms with Gasteiger partial charge in [-0.3, -0.25) is 19.3 Å². The molecule has 0 saturated carbocycles. The lowest BCUT2D eigenvalue weighted by atomic mass is 10.1. The molecule has 1 aromatic heterocycles. The van der Waals surface area contributed by atoms with Crippen LogP contribution < -0.4 is 9.70 Å². The summed E-state index contributed by atoms with van der Waals surface area (Å²) in [5, 5.41) is 0. The number of carbonyl (C=O) groups is 3. The SMILES string of the molecule is Cc1cc(C)c2c(c1)sc(=NC(=O)c1ccc(N3C(=O)CCC3=O)cc1)n2C. The van der Waals surface area contributed by atoms with Gasteiger partial charge in [0.15, 0.2) is 4.80 Å². The van der Waals surface area contributed by atoms with Gasteiger partial charge in [0, 0.05) is 25.5 Å². The number of amides is 3. The zero-order chi connectivity index (χ0) is 20.0. The van der Waals surface area contributed by atoms with Crippen LogP contribution >= 0.6 is 11.3 Å². The average Bonchev–Trinajstić information content (AvgIpc) is 3.14. The number of benzene rings is 2. The van der Waals surface area contributed by atoms with Gasteiger partial charge in [0.2, 0.25) is 11.8 Å². The number of thiazole rings is 1. The summed E-state index contributed by atoms with van der Waals surface area (Å²) in [6.45, 7) is 4.10. The van der Waals surface area contributed by atoms with Crippen LogP contribution in [0.5, 0.6) is 0 Å². The Morgan fingerprint density at radius 1 is 1.04 bits per heavy atom. The quantitative estimate of drug-likeness (QED) is 0.628. The minimum atomic E-state index is -0.359. The number of aryl methyl sites for hydroxylation is 3. The number of hydrogen-bond donors (Lipinski definition) is 0. The zero-order valence-electron chi connectivity index (χ0n) is 15.9. The summed E-state index contributed by atoms with van der Waals surface area (Å²) in [5.41, 5.74) is 4.29. The molecule has 28 heavy (non-hydrogen) atoms. The summed E-state index contributed by atoms with van der Waals surface area (Å²) >= 11 is 1.48. The lowest BCUT2D eigenvalue weighted by Gasteiger charge is -2.13. The lowest BCUT2D eigenvalue weighted by molar-refractivity contribution is -0.121. The van der Waals surface area contributed by atoms with Gasteiger partial charge in [0.1, 0.15) is 0 Å². The second-order valence-corrected chi connectivity index (χ2v) is 7.97. The molecule has 1 fully saturated rings. The molecule has 2 heterocycles. The molecule has 4 rings (SSSR count). The van der Waals surface area contributed by atoms with E-state index in [1.54, 1.807) is 24.3 Å². The third kappa shape index (κ3) is 3.07. The molecule has 1 aliphatic heterocycles. The molecule has 0 N–H and O–H groups in total. The normalized spacial score (nSPS) is 15.1. The topological polar surface area (TPSA) is 71.7 Å². The first-order chi connectivity index (χ1) is 13.3. The molecule has 3 aromatic rings. The Kier molecular flexibility index (Phi) is 4.47. The molecule has 7 heteroatoms. The first-order valence-electron chi connectivity index (χ1n) is 8.97. The van der Waals surface area contributed by atoms with Crippen LogP contribution in [0.2, 0.25) is 0 Å². The maximum atomic E-state index is 12.6. The van der Waals surface area contributed by atoms with E-state index in [0.717, 1.165) is 15.8 Å². The number of fused-ring (bicyclic) bond motifs is 1. The number of anilines is 1. The van der Waals surface area contributed by atoms with Gasteiger partial charge in [-0.25, -0.2) is 0 Å². The predicted octanol–water partition coefficient (Wildman–Crippen LogP) is 3.25. The first-order valence-corrected chi connectivity index (χ1v) is 9.78. The Bertz CT molecular complexity index is 1190. The molecule has 0 unspecified atom stereocenters. The van der Waals surface area contributed by atoms with E-state index in [1.807, 2.05) is 25.5 Å². The highest BCUT2D eigenvalue weighted by atomic mass is 32.1. The van der Waals surface area contributed by atoms with Crippen molar-refractivity contribution in [2.24, 2.45) is 12.0 Å². The molecule has 1 saturated heterocycles. The van der Waals surface area contributed by atoms with Gasteiger partial charge in [-0.05, 0) is 55.3 Å². The van der Waals surface area contributed by atoms with Crippen molar-refractivity contribution < 1.29 is 14.4 Å². The smallest absolute Gasteiger partial charge is 0.279 e. The van der Waals surface area contributed by atoms with Crippen molar-refractivity contribution in [3.05, 3.63) is 57.9 Å². The van der Waals surface area contributed by atoms with E-state index >= 15 is 0 Å². The summed E-state index contributed by atoms with van der Waals surface area (Å²) in [7, 11) is 1.90. The van der Waals surface area contributed by atoms with Crippen LogP contribution in [0.15, 0.2) is 41.4 Å². The Balaban J connectivity index is 1.68. The summed E-state index contributed by atoms with van der Waals surface area (Å²) in [6, 6.07) is 10.6. The standard InChI is InChI=1S/C21H19N3O3S/c1-12-10-13(2)19-16(11-12)28-21(23(19)3)22-20(27)14-4-6-15(7-5-14)24-17(25)8-9-18(24)26/h4-7,10-11H,8-9H2,1-3H3. The third-order valence-corrected chi connectivity index (χ3v) is 5.93. The lowest BCUT2D eigenvalue weighted by Crippen LogP contribution is -2.28. The summed E-state index contributed by atoms with van der Waals surface area (Å²) in [5.74, 6) is -0.782. The molecule has 3 amide bonds. The van der Waals surface area contributed by atoms with Gasteiger partial charge in [-0.2, -0.15) is 4.99 Å². The predicted molar refractivity (Wildman–Crippen MR) is 108 cm³/mol. The fraction of sp³-hybridized carbons (Fsp3) is 0.238. The Hall–Kier alpha value is -3.06. The van der Waals surface area contributed by atoms with E-state index in [0.29, 0.717) is 16.1 Å². The number of imide groups is 1. The van der Waals surface area contributed by atoms with Gasteiger partial charge in [0.05, 0.1) is 15.9 Å². The molecular formula is C21H19N3O3S. The van der Waals surface area contributed by atoms with E-state index in [9.17, 15) is 14.4 Å². The number of carbonyl (C=O) groups excluding carboxylic acids is 3. The highest BCUT2D eigenvalue weighted by Gasteiger charge is 2.30. The van der Waals surface area contributed by atoms with E-state index in [2.05, 4.69) is 17.1 Å². The van der Waals surface area contributed by atoms with E-state index in [1.165, 1.54) is 21.8 Å². The van der Waals surface area contributed by atoms with Crippen LogP contribution in [0, 0.1) is 13.8 Å². The number of hydrogen-bond acceptors (Lipinski definition) is 4. The highest BCUT2D eigenvalue weighted by molar-refractivity contribution is 7.16. The van der Waals surface area contributed by atoms with Crippen LogP contribution in [0.25, 0.3) is 10.2 Å². The largest absolute Gasteiger partial charge is 0.319 e. The van der Waals surface area contributed by atoms with E-state index < -0.39 is 0 Å². The summed E-state index contributed by atoms with van der Waals surface area (Å²) in [4.78, 5) is 42.4. The highest BCUT2D eigenvalue weighted by Crippen LogP contribution is 2.24. The zero-order valence-corrected chi connectivity index (χ0v) is 16.7. The fourth-order valence-corrected chi connectivity index (χ4v) is 4.75. The van der Waals surface area contributed by atoms with Gasteiger partial charge in [-0.1, -0.05) is 17.4 Å². The second-order valence-electron chi connectivity index (χ2n) is 6.96. The molecule has 0 bridgehead atoms. The van der Waals surface area contributed by atoms with Crippen LogP contribution in [0.4, 0.5) is 5.69 Å². The summed E-state index contributed by atoms with van der Waals surface area (Å²) in [6.07, 6.45) is 0.465. The second kappa shape index (κ2) is 6.83. The van der Waals surface area contributed by atoms with Crippen molar-refractivity contribution in [3.8, 4) is 0 Å². The van der Waals surface area contributed by atoms with Gasteiger partial charge < -0.3 is 4.57 Å². The van der Waals surface area contributed by atoms with Crippen LogP contribution in [-0.2, 0) is 16.6 Å². The molecule has 0 spiro atoms. The van der Waals surface area contributed by atoms with Crippen LogP contribution in [0.1, 0.15) is 34.3 Å². The van der Waals surface area contributed by atoms with Crippen LogP contribution in [-0.4, -0.2) is 22.3 Å². The Morgan fingerprint density at radius 3 is 2.32 bits per heavy atom.